The van der Waals surface area contributed by atoms with Gasteiger partial charge in [-0.3, -0.25) is 4.79 Å². The number of rotatable bonds is 4. The molecule has 0 spiro atoms. The van der Waals surface area contributed by atoms with Gasteiger partial charge in [-0.15, -0.1) is 0 Å². The van der Waals surface area contributed by atoms with Crippen LogP contribution in [0.5, 0.6) is 5.75 Å². The van der Waals surface area contributed by atoms with E-state index in [9.17, 15) is 10.1 Å². The van der Waals surface area contributed by atoms with E-state index in [0.717, 1.165) is 0 Å². The number of halogens is 2. The first-order valence-corrected chi connectivity index (χ1v) is 7.31. The lowest BCUT2D eigenvalue weighted by molar-refractivity contribution is -0.112. The predicted octanol–water partition coefficient (Wildman–Crippen LogP) is 4.55. The number of nitrogens with zero attached hydrogens (tertiary/aromatic N) is 1. The van der Waals surface area contributed by atoms with Crippen molar-refractivity contribution < 1.29 is 9.53 Å². The smallest absolute Gasteiger partial charge is 0.266 e. The van der Waals surface area contributed by atoms with E-state index in [0.29, 0.717) is 27.0 Å². The van der Waals surface area contributed by atoms with Gasteiger partial charge in [0.1, 0.15) is 17.4 Å². The van der Waals surface area contributed by atoms with Crippen LogP contribution < -0.4 is 10.1 Å². The molecule has 0 radical (unpaired) electrons. The van der Waals surface area contributed by atoms with Gasteiger partial charge >= 0.3 is 0 Å². The number of anilines is 1. The maximum Gasteiger partial charge on any atom is 0.266 e. The molecule has 2 aromatic rings. The monoisotopic (exact) mass is 346 g/mol. The van der Waals surface area contributed by atoms with Crippen LogP contribution in [0.1, 0.15) is 5.56 Å². The number of nitriles is 1. The molecule has 0 saturated heterocycles. The van der Waals surface area contributed by atoms with Gasteiger partial charge in [0.25, 0.3) is 5.91 Å². The third-order valence-electron chi connectivity index (χ3n) is 2.95. The lowest BCUT2D eigenvalue weighted by atomic mass is 10.1. The molecule has 0 saturated carbocycles. The molecule has 2 rings (SSSR count). The molecule has 116 valence electrons. The molecule has 1 amide bonds. The van der Waals surface area contributed by atoms with E-state index in [1.807, 2.05) is 6.07 Å². The molecule has 0 unspecified atom stereocenters. The quantitative estimate of drug-likeness (QED) is 0.652. The first-order valence-electron chi connectivity index (χ1n) is 6.55. The molecule has 4 nitrogen and oxygen atoms in total. The first-order chi connectivity index (χ1) is 11.0. The van der Waals surface area contributed by atoms with Gasteiger partial charge < -0.3 is 10.1 Å². The van der Waals surface area contributed by atoms with E-state index in [-0.39, 0.29) is 5.57 Å². The fraction of sp³-hybridized carbons (Fsp3) is 0.0588. The zero-order chi connectivity index (χ0) is 16.8. The molecule has 0 aromatic heterocycles. The fourth-order valence-electron chi connectivity index (χ4n) is 1.83. The van der Waals surface area contributed by atoms with Gasteiger partial charge in [-0.1, -0.05) is 35.3 Å². The summed E-state index contributed by atoms with van der Waals surface area (Å²) in [6.45, 7) is 0. The number of hydrogen-bond acceptors (Lipinski definition) is 3. The summed E-state index contributed by atoms with van der Waals surface area (Å²) in [5, 5.41) is 12.6. The Hall–Kier alpha value is -2.48. The number of benzene rings is 2. The van der Waals surface area contributed by atoms with Gasteiger partial charge in [0.2, 0.25) is 0 Å². The van der Waals surface area contributed by atoms with E-state index >= 15 is 0 Å². The Morgan fingerprint density at radius 3 is 2.70 bits per heavy atom. The number of ether oxygens (including phenoxy) is 1. The number of methoxy groups -OCH3 is 1. The minimum atomic E-state index is -0.556. The minimum Gasteiger partial charge on any atom is -0.497 e. The van der Waals surface area contributed by atoms with Crippen LogP contribution in [0, 0.1) is 11.3 Å². The van der Waals surface area contributed by atoms with Crippen molar-refractivity contribution in [2.75, 3.05) is 12.4 Å². The number of carbonyl (C=O) groups excluding carboxylic acids is 1. The van der Waals surface area contributed by atoms with E-state index in [1.54, 1.807) is 43.5 Å². The Kier molecular flexibility index (Phi) is 5.64. The molecular formula is C17H12Cl2N2O2. The van der Waals surface area contributed by atoms with Gasteiger partial charge in [-0.05, 0) is 42.0 Å². The van der Waals surface area contributed by atoms with E-state index in [4.69, 9.17) is 27.9 Å². The van der Waals surface area contributed by atoms with Crippen molar-refractivity contribution >= 4 is 40.9 Å². The molecule has 0 fully saturated rings. The van der Waals surface area contributed by atoms with Crippen molar-refractivity contribution in [3.63, 3.8) is 0 Å². The van der Waals surface area contributed by atoms with Crippen molar-refractivity contribution in [3.05, 3.63) is 63.6 Å². The summed E-state index contributed by atoms with van der Waals surface area (Å²) >= 11 is 11.8. The SMILES string of the molecule is COc1cccc(/C=C(\C#N)C(=O)Nc2ccc(Cl)cc2Cl)c1. The average molecular weight is 347 g/mol. The third-order valence-corrected chi connectivity index (χ3v) is 3.50. The number of amides is 1. The van der Waals surface area contributed by atoms with Crippen molar-refractivity contribution in [1.82, 2.24) is 0 Å². The molecule has 0 heterocycles. The van der Waals surface area contributed by atoms with Crippen molar-refractivity contribution in [1.29, 1.82) is 5.26 Å². The second-order valence-electron chi connectivity index (χ2n) is 4.52. The normalized spacial score (nSPS) is 10.8. The summed E-state index contributed by atoms with van der Waals surface area (Å²) in [5.74, 6) is 0.0803. The van der Waals surface area contributed by atoms with Gasteiger partial charge in [-0.25, -0.2) is 0 Å². The van der Waals surface area contributed by atoms with Crippen LogP contribution in [0.3, 0.4) is 0 Å². The predicted molar refractivity (Wildman–Crippen MR) is 91.7 cm³/mol. The molecule has 0 aliphatic heterocycles. The van der Waals surface area contributed by atoms with Gasteiger partial charge in [-0.2, -0.15) is 5.26 Å². The summed E-state index contributed by atoms with van der Waals surface area (Å²) in [7, 11) is 1.54. The summed E-state index contributed by atoms with van der Waals surface area (Å²) in [4.78, 5) is 12.2. The maximum absolute atomic E-state index is 12.2. The van der Waals surface area contributed by atoms with E-state index < -0.39 is 5.91 Å². The van der Waals surface area contributed by atoms with Gasteiger partial charge in [0.15, 0.2) is 0 Å². The van der Waals surface area contributed by atoms with Crippen LogP contribution in [-0.4, -0.2) is 13.0 Å². The summed E-state index contributed by atoms with van der Waals surface area (Å²) in [6, 6.07) is 13.6. The summed E-state index contributed by atoms with van der Waals surface area (Å²) in [6.07, 6.45) is 1.47. The highest BCUT2D eigenvalue weighted by Crippen LogP contribution is 2.26. The van der Waals surface area contributed by atoms with Gasteiger partial charge in [0, 0.05) is 5.02 Å². The minimum absolute atomic E-state index is 0.0516. The lowest BCUT2D eigenvalue weighted by Gasteiger charge is -2.07. The molecule has 2 aromatic carbocycles. The highest BCUT2D eigenvalue weighted by Gasteiger charge is 2.12. The Labute approximate surface area is 143 Å². The van der Waals surface area contributed by atoms with Gasteiger partial charge in [0.05, 0.1) is 17.8 Å². The average Bonchev–Trinajstić information content (AvgIpc) is 2.55. The van der Waals surface area contributed by atoms with Crippen LogP contribution in [0.2, 0.25) is 10.0 Å². The molecule has 6 heteroatoms. The van der Waals surface area contributed by atoms with Crippen LogP contribution >= 0.6 is 23.2 Å². The molecule has 1 N–H and O–H groups in total. The summed E-state index contributed by atoms with van der Waals surface area (Å²) < 4.78 is 5.11. The number of carbonyl (C=O) groups is 1. The molecular weight excluding hydrogens is 335 g/mol. The van der Waals surface area contributed by atoms with E-state index in [1.165, 1.54) is 12.1 Å². The third kappa shape index (κ3) is 4.49. The van der Waals surface area contributed by atoms with Crippen molar-refractivity contribution in [2.24, 2.45) is 0 Å². The second-order valence-corrected chi connectivity index (χ2v) is 5.37. The number of nitrogens with one attached hydrogen (secondary N) is 1. The first kappa shape index (κ1) is 16.9. The van der Waals surface area contributed by atoms with E-state index in [2.05, 4.69) is 5.32 Å². The zero-order valence-corrected chi connectivity index (χ0v) is 13.7. The van der Waals surface area contributed by atoms with Crippen LogP contribution in [0.25, 0.3) is 6.08 Å². The Morgan fingerprint density at radius 2 is 2.04 bits per heavy atom. The fourth-order valence-corrected chi connectivity index (χ4v) is 2.28. The maximum atomic E-state index is 12.2. The van der Waals surface area contributed by atoms with Crippen LogP contribution in [0.15, 0.2) is 48.0 Å². The van der Waals surface area contributed by atoms with Crippen molar-refractivity contribution in [3.8, 4) is 11.8 Å². The standard InChI is InChI=1S/C17H12Cl2N2O2/c1-23-14-4-2-3-11(8-14)7-12(10-20)17(22)21-16-6-5-13(18)9-15(16)19/h2-9H,1H3,(H,21,22)/b12-7+. The van der Waals surface area contributed by atoms with Crippen molar-refractivity contribution in [2.45, 2.75) is 0 Å². The molecule has 0 atom stereocenters. The number of hydrogen-bond donors (Lipinski definition) is 1. The largest absolute Gasteiger partial charge is 0.497 e. The highest BCUT2D eigenvalue weighted by atomic mass is 35.5. The molecule has 0 aliphatic carbocycles. The molecule has 0 bridgehead atoms. The second kappa shape index (κ2) is 7.68. The van der Waals surface area contributed by atoms with Crippen LogP contribution in [-0.2, 0) is 4.79 Å². The molecule has 23 heavy (non-hydrogen) atoms. The Morgan fingerprint density at radius 1 is 1.26 bits per heavy atom. The highest BCUT2D eigenvalue weighted by molar-refractivity contribution is 6.36. The summed E-state index contributed by atoms with van der Waals surface area (Å²) in [5.41, 5.74) is 1.01. The Bertz CT molecular complexity index is 810. The Balaban J connectivity index is 2.24. The topological polar surface area (TPSA) is 62.1 Å². The molecule has 0 aliphatic rings. The lowest BCUT2D eigenvalue weighted by Crippen LogP contribution is -2.13. The van der Waals surface area contributed by atoms with Crippen LogP contribution in [0.4, 0.5) is 5.69 Å². The zero-order valence-electron chi connectivity index (χ0n) is 12.1.